The highest BCUT2D eigenvalue weighted by molar-refractivity contribution is 5.12. The van der Waals surface area contributed by atoms with Crippen LogP contribution in [0.3, 0.4) is 0 Å². The van der Waals surface area contributed by atoms with Gasteiger partial charge in [0.15, 0.2) is 0 Å². The molecule has 0 unspecified atom stereocenters. The molecule has 0 aromatic heterocycles. The first-order valence-corrected chi connectivity index (χ1v) is 14.0. The van der Waals surface area contributed by atoms with E-state index in [4.69, 9.17) is 4.74 Å². The number of rotatable bonds is 5. The van der Waals surface area contributed by atoms with Crippen LogP contribution in [0.2, 0.25) is 0 Å². The Balaban J connectivity index is 1.25. The van der Waals surface area contributed by atoms with Gasteiger partial charge in [-0.25, -0.2) is 0 Å². The maximum atomic E-state index is 11.7. The molecule has 1 heterocycles. The Morgan fingerprint density at radius 2 is 1.75 bits per heavy atom. The zero-order valence-corrected chi connectivity index (χ0v) is 21.0. The number of ether oxygens (including phenoxy) is 1. The second-order valence-corrected chi connectivity index (χ2v) is 13.0. The lowest BCUT2D eigenvalue weighted by Gasteiger charge is -2.62. The van der Waals surface area contributed by atoms with Crippen LogP contribution in [0.1, 0.15) is 85.0 Å². The molecule has 5 fully saturated rings. The lowest BCUT2D eigenvalue weighted by Crippen LogP contribution is -2.58. The van der Waals surface area contributed by atoms with E-state index >= 15 is 0 Å². The smallest absolute Gasteiger partial charge is 0.0602 e. The van der Waals surface area contributed by atoms with E-state index in [0.717, 1.165) is 57.9 Å². The van der Waals surface area contributed by atoms with Gasteiger partial charge in [-0.1, -0.05) is 20.8 Å². The molecule has 5 rings (SSSR count). The summed E-state index contributed by atoms with van der Waals surface area (Å²) >= 11 is 0. The number of aliphatic hydroxyl groups excluding tert-OH is 2. The number of aliphatic hydroxyl groups is 2. The van der Waals surface area contributed by atoms with E-state index in [-0.39, 0.29) is 17.6 Å². The summed E-state index contributed by atoms with van der Waals surface area (Å²) in [6.45, 7) is 12.7. The topological polar surface area (TPSA) is 52.9 Å². The molecule has 4 saturated carbocycles. The summed E-state index contributed by atoms with van der Waals surface area (Å²) < 4.78 is 5.50. The van der Waals surface area contributed by atoms with Crippen molar-refractivity contribution in [2.45, 2.75) is 97.2 Å². The van der Waals surface area contributed by atoms with E-state index in [1.807, 2.05) is 0 Å². The Morgan fingerprint density at radius 3 is 2.53 bits per heavy atom. The minimum absolute atomic E-state index is 0.0856. The highest BCUT2D eigenvalue weighted by Gasteiger charge is 2.63. The average Bonchev–Trinajstić information content (AvgIpc) is 3.14. The number of hydrogen-bond acceptors (Lipinski definition) is 4. The largest absolute Gasteiger partial charge is 0.393 e. The first kappa shape index (κ1) is 23.6. The lowest BCUT2D eigenvalue weighted by molar-refractivity contribution is -0.174. The number of hydrogen-bond donors (Lipinski definition) is 2. The monoisotopic (exact) mass is 447 g/mol. The second-order valence-electron chi connectivity index (χ2n) is 13.0. The van der Waals surface area contributed by atoms with Gasteiger partial charge < -0.3 is 14.9 Å². The molecule has 0 spiro atoms. The van der Waals surface area contributed by atoms with Crippen molar-refractivity contribution in [1.29, 1.82) is 0 Å². The van der Waals surface area contributed by atoms with Crippen LogP contribution in [0, 0.1) is 46.3 Å². The van der Waals surface area contributed by atoms with Crippen LogP contribution in [0.5, 0.6) is 0 Å². The van der Waals surface area contributed by atoms with Gasteiger partial charge in [0.25, 0.3) is 0 Å². The van der Waals surface area contributed by atoms with E-state index in [0.29, 0.717) is 35.0 Å². The zero-order valence-electron chi connectivity index (χ0n) is 21.0. The fourth-order valence-corrected chi connectivity index (χ4v) is 9.82. The SMILES string of the molecule is C[C@H](CCCN1CCOCC1)[C@H]1CC[C@H]2[C@@H]3CC[C@@H]4C[C@H](O)CC[C@]4(C)[C@H]3C[C@H](O)[C@]12C. The normalized spacial score (nSPS) is 50.3. The van der Waals surface area contributed by atoms with Crippen LogP contribution < -0.4 is 0 Å². The van der Waals surface area contributed by atoms with E-state index in [1.165, 1.54) is 45.1 Å². The Labute approximate surface area is 196 Å². The summed E-state index contributed by atoms with van der Waals surface area (Å²) in [5.74, 6) is 4.21. The molecule has 4 heteroatoms. The Bertz CT molecular complexity index is 651. The highest BCUT2D eigenvalue weighted by atomic mass is 16.5. The Hall–Kier alpha value is -0.160. The van der Waals surface area contributed by atoms with Gasteiger partial charge in [0.05, 0.1) is 25.4 Å². The van der Waals surface area contributed by atoms with Crippen LogP contribution in [0.25, 0.3) is 0 Å². The maximum Gasteiger partial charge on any atom is 0.0602 e. The summed E-state index contributed by atoms with van der Waals surface area (Å²) in [6, 6.07) is 0. The summed E-state index contributed by atoms with van der Waals surface area (Å²) in [5.41, 5.74) is 0.448. The van der Waals surface area contributed by atoms with Gasteiger partial charge in [-0.05, 0) is 117 Å². The molecule has 1 aliphatic heterocycles. The van der Waals surface area contributed by atoms with Crippen LogP contribution >= 0.6 is 0 Å². The van der Waals surface area contributed by atoms with Crippen molar-refractivity contribution in [3.05, 3.63) is 0 Å². The molecule has 2 N–H and O–H groups in total. The van der Waals surface area contributed by atoms with Crippen molar-refractivity contribution in [3.8, 4) is 0 Å². The van der Waals surface area contributed by atoms with Crippen molar-refractivity contribution in [1.82, 2.24) is 4.90 Å². The lowest BCUT2D eigenvalue weighted by atomic mass is 9.43. The average molecular weight is 448 g/mol. The van der Waals surface area contributed by atoms with Crippen LogP contribution in [0.15, 0.2) is 0 Å². The molecule has 4 nitrogen and oxygen atoms in total. The van der Waals surface area contributed by atoms with Crippen molar-refractivity contribution in [3.63, 3.8) is 0 Å². The van der Waals surface area contributed by atoms with Gasteiger partial charge in [0.1, 0.15) is 0 Å². The first-order chi connectivity index (χ1) is 15.3. The third kappa shape index (κ3) is 3.89. The quantitative estimate of drug-likeness (QED) is 0.640. The van der Waals surface area contributed by atoms with Crippen LogP contribution in [-0.4, -0.2) is 60.2 Å². The van der Waals surface area contributed by atoms with Gasteiger partial charge in [-0.2, -0.15) is 0 Å². The molecule has 0 bridgehead atoms. The fraction of sp³-hybridized carbons (Fsp3) is 1.00. The minimum atomic E-state index is -0.148. The molecule has 0 aromatic carbocycles. The summed E-state index contributed by atoms with van der Waals surface area (Å²) in [5, 5.41) is 22.0. The van der Waals surface area contributed by atoms with Crippen LogP contribution in [-0.2, 0) is 4.74 Å². The van der Waals surface area contributed by atoms with Gasteiger partial charge in [-0.3, -0.25) is 4.90 Å². The van der Waals surface area contributed by atoms with Crippen molar-refractivity contribution < 1.29 is 14.9 Å². The van der Waals surface area contributed by atoms with Gasteiger partial charge in [0, 0.05) is 13.1 Å². The minimum Gasteiger partial charge on any atom is -0.393 e. The van der Waals surface area contributed by atoms with E-state index in [9.17, 15) is 10.2 Å². The van der Waals surface area contributed by atoms with E-state index in [1.54, 1.807) is 0 Å². The molecule has 4 aliphatic carbocycles. The van der Waals surface area contributed by atoms with Crippen molar-refractivity contribution >= 4 is 0 Å². The molecule has 5 aliphatic rings. The molecule has 10 atom stereocenters. The van der Waals surface area contributed by atoms with Crippen LogP contribution in [0.4, 0.5) is 0 Å². The standard InChI is InChI=1S/C28H49NO3/c1-19(5-4-12-29-13-15-32-16-14-29)23-8-9-24-22-7-6-20-17-21(30)10-11-27(20,2)25(22)18-26(31)28(23,24)3/h19-26,30-31H,4-18H2,1-3H3/t19-,20-,21-,22+,23-,24+,25+,26+,27+,28-/m1/s1. The molecular formula is C28H49NO3. The first-order valence-electron chi connectivity index (χ1n) is 14.0. The highest BCUT2D eigenvalue weighted by Crippen LogP contribution is 2.68. The molecule has 1 saturated heterocycles. The molecule has 0 amide bonds. The fourth-order valence-electron chi connectivity index (χ4n) is 9.82. The maximum absolute atomic E-state index is 11.7. The predicted octanol–water partition coefficient (Wildman–Crippen LogP) is 4.73. The molecule has 0 aromatic rings. The predicted molar refractivity (Wildman–Crippen MR) is 128 cm³/mol. The molecule has 32 heavy (non-hydrogen) atoms. The van der Waals surface area contributed by atoms with Gasteiger partial charge in [0.2, 0.25) is 0 Å². The summed E-state index contributed by atoms with van der Waals surface area (Å²) in [4.78, 5) is 2.57. The van der Waals surface area contributed by atoms with E-state index < -0.39 is 0 Å². The van der Waals surface area contributed by atoms with Crippen molar-refractivity contribution in [2.75, 3.05) is 32.8 Å². The number of morpholine rings is 1. The molecule has 0 radical (unpaired) electrons. The van der Waals surface area contributed by atoms with Crippen molar-refractivity contribution in [2.24, 2.45) is 46.3 Å². The third-order valence-corrected chi connectivity index (χ3v) is 11.7. The summed E-state index contributed by atoms with van der Waals surface area (Å²) in [6.07, 6.45) is 11.8. The summed E-state index contributed by atoms with van der Waals surface area (Å²) in [7, 11) is 0. The third-order valence-electron chi connectivity index (χ3n) is 11.7. The Morgan fingerprint density at radius 1 is 0.969 bits per heavy atom. The van der Waals surface area contributed by atoms with Gasteiger partial charge >= 0.3 is 0 Å². The second kappa shape index (κ2) is 9.13. The molecule has 184 valence electrons. The molecular weight excluding hydrogens is 398 g/mol. The number of fused-ring (bicyclic) bond motifs is 5. The number of nitrogens with zero attached hydrogens (tertiary/aromatic N) is 1. The van der Waals surface area contributed by atoms with E-state index in [2.05, 4.69) is 25.7 Å². The van der Waals surface area contributed by atoms with Gasteiger partial charge in [-0.15, -0.1) is 0 Å². The zero-order chi connectivity index (χ0) is 22.5. The Kier molecular flexibility index (Phi) is 6.73.